The van der Waals surface area contributed by atoms with Crippen LogP contribution in [0.1, 0.15) is 22.5 Å². The van der Waals surface area contributed by atoms with Crippen LogP contribution in [0.15, 0.2) is 46.3 Å². The first kappa shape index (κ1) is 23.3. The number of rotatable bonds is 6. The number of ether oxygens (including phenoxy) is 2. The van der Waals surface area contributed by atoms with Crippen LogP contribution in [-0.4, -0.2) is 38.8 Å². The Hall–Kier alpha value is -3.87. The lowest BCUT2D eigenvalue weighted by atomic mass is 10.1. The minimum Gasteiger partial charge on any atom is -0.493 e. The number of nitrogens with one attached hydrogen (secondary N) is 2. The van der Waals surface area contributed by atoms with Crippen molar-refractivity contribution in [2.45, 2.75) is 19.6 Å². The lowest BCUT2D eigenvalue weighted by Gasteiger charge is -2.16. The van der Waals surface area contributed by atoms with Crippen molar-refractivity contribution < 1.29 is 27.4 Å². The lowest BCUT2D eigenvalue weighted by Crippen LogP contribution is -2.19. The maximum Gasteiger partial charge on any atom is 0.419 e. The van der Waals surface area contributed by atoms with Gasteiger partial charge in [0.1, 0.15) is 12.3 Å². The summed E-state index contributed by atoms with van der Waals surface area (Å²) < 4.78 is 51.1. The fourth-order valence-corrected chi connectivity index (χ4v) is 3.80. The number of thioether (sulfide) groups is 1. The molecule has 2 aromatic carbocycles. The summed E-state index contributed by atoms with van der Waals surface area (Å²) in [7, 11) is 1.37. The molecule has 0 radical (unpaired) electrons. The predicted octanol–water partition coefficient (Wildman–Crippen LogP) is 4.09. The second-order valence-corrected chi connectivity index (χ2v) is 8.05. The van der Waals surface area contributed by atoms with Gasteiger partial charge in [-0.1, -0.05) is 22.9 Å². The first-order valence-electron chi connectivity index (χ1n) is 9.74. The quantitative estimate of drug-likeness (QED) is 0.500. The first-order chi connectivity index (χ1) is 16.2. The van der Waals surface area contributed by atoms with Crippen LogP contribution in [0.3, 0.4) is 0 Å². The fraction of sp³-hybridized carbons (Fsp3) is 0.190. The number of amidine groups is 1. The molecular weight excluding hydrogens is 473 g/mol. The van der Waals surface area contributed by atoms with E-state index in [1.165, 1.54) is 25.3 Å². The third-order valence-corrected chi connectivity index (χ3v) is 5.50. The van der Waals surface area contributed by atoms with Crippen LogP contribution >= 0.6 is 11.8 Å². The summed E-state index contributed by atoms with van der Waals surface area (Å²) in [5, 5.41) is 16.3. The van der Waals surface area contributed by atoms with Crippen molar-refractivity contribution in [1.82, 2.24) is 25.9 Å². The fourth-order valence-electron chi connectivity index (χ4n) is 2.98. The number of benzene rings is 2. The molecule has 0 spiro atoms. The summed E-state index contributed by atoms with van der Waals surface area (Å²) in [5.41, 5.74) is 0.162. The predicted molar refractivity (Wildman–Crippen MR) is 118 cm³/mol. The van der Waals surface area contributed by atoms with Gasteiger partial charge in [0, 0.05) is 0 Å². The van der Waals surface area contributed by atoms with Crippen molar-refractivity contribution in [3.8, 4) is 17.2 Å². The van der Waals surface area contributed by atoms with Crippen molar-refractivity contribution in [1.29, 1.82) is 0 Å². The van der Waals surface area contributed by atoms with E-state index in [9.17, 15) is 18.0 Å². The summed E-state index contributed by atoms with van der Waals surface area (Å²) in [6, 6.07) is 8.47. The zero-order valence-corrected chi connectivity index (χ0v) is 18.6. The number of amides is 1. The molecular formula is C21H17F3N6O3S. The average Bonchev–Trinajstić information content (AvgIpc) is 3.43. The number of aromatic amines is 1. The summed E-state index contributed by atoms with van der Waals surface area (Å²) in [6.45, 7) is 1.71. The van der Waals surface area contributed by atoms with Crippen LogP contribution in [-0.2, 0) is 17.5 Å². The van der Waals surface area contributed by atoms with Gasteiger partial charge in [0.2, 0.25) is 0 Å². The number of hydrogen-bond donors (Lipinski definition) is 2. The smallest absolute Gasteiger partial charge is 0.419 e. The summed E-state index contributed by atoms with van der Waals surface area (Å²) in [4.78, 5) is 16.9. The molecule has 13 heteroatoms. The maximum absolute atomic E-state index is 13.4. The van der Waals surface area contributed by atoms with E-state index >= 15 is 0 Å². The van der Waals surface area contributed by atoms with E-state index < -0.39 is 11.7 Å². The molecule has 9 nitrogen and oxygen atoms in total. The minimum atomic E-state index is -4.57. The van der Waals surface area contributed by atoms with Crippen LogP contribution in [0.4, 0.5) is 13.2 Å². The normalized spacial score (nSPS) is 16.2. The number of halogens is 3. The van der Waals surface area contributed by atoms with Crippen LogP contribution in [0.5, 0.6) is 17.2 Å². The number of hydrogen-bond acceptors (Lipinski definition) is 8. The monoisotopic (exact) mass is 490 g/mol. The minimum absolute atomic E-state index is 0.102. The van der Waals surface area contributed by atoms with Gasteiger partial charge < -0.3 is 14.8 Å². The van der Waals surface area contributed by atoms with Gasteiger partial charge in [-0.25, -0.2) is 0 Å². The molecule has 176 valence electrons. The Kier molecular flexibility index (Phi) is 6.54. The van der Waals surface area contributed by atoms with E-state index in [2.05, 4.69) is 30.9 Å². The second kappa shape index (κ2) is 9.55. The Morgan fingerprint density at radius 1 is 1.15 bits per heavy atom. The zero-order valence-electron chi connectivity index (χ0n) is 17.8. The van der Waals surface area contributed by atoms with E-state index in [-0.39, 0.29) is 29.7 Å². The number of H-pyrrole nitrogens is 1. The van der Waals surface area contributed by atoms with Crippen LogP contribution in [0, 0.1) is 6.92 Å². The van der Waals surface area contributed by atoms with Gasteiger partial charge in [-0.2, -0.15) is 18.4 Å². The number of carbonyl (C=O) groups excluding carboxylic acids is 1. The molecule has 2 N–H and O–H groups in total. The number of tetrazole rings is 1. The molecule has 1 aliphatic heterocycles. The van der Waals surface area contributed by atoms with Crippen LogP contribution in [0.25, 0.3) is 6.08 Å². The highest BCUT2D eigenvalue weighted by Gasteiger charge is 2.35. The number of nitrogens with zero attached hydrogens (tertiary/aromatic N) is 4. The Balaban J connectivity index is 1.55. The highest BCUT2D eigenvalue weighted by atomic mass is 32.2. The van der Waals surface area contributed by atoms with E-state index in [4.69, 9.17) is 9.47 Å². The SMILES string of the molecule is COc1cc(/C=C2\SC(=NCc3nn[nH]n3)NC2=O)ccc1Oc1ccc(C)cc1C(F)(F)F. The molecule has 2 heterocycles. The van der Waals surface area contributed by atoms with E-state index in [1.807, 2.05) is 0 Å². The van der Waals surface area contributed by atoms with Gasteiger partial charge >= 0.3 is 6.18 Å². The topological polar surface area (TPSA) is 114 Å². The van der Waals surface area contributed by atoms with E-state index in [0.29, 0.717) is 27.0 Å². The highest BCUT2D eigenvalue weighted by molar-refractivity contribution is 8.18. The molecule has 0 aliphatic carbocycles. The highest BCUT2D eigenvalue weighted by Crippen LogP contribution is 2.41. The molecule has 1 aliphatic rings. The summed E-state index contributed by atoms with van der Waals surface area (Å²) in [6.07, 6.45) is -2.97. The molecule has 3 aromatic rings. The van der Waals surface area contributed by atoms with Crippen molar-refractivity contribution in [3.05, 3.63) is 63.8 Å². The van der Waals surface area contributed by atoms with E-state index in [1.54, 1.807) is 25.1 Å². The van der Waals surface area contributed by atoms with E-state index in [0.717, 1.165) is 17.8 Å². The Bertz CT molecular complexity index is 1280. The zero-order chi connectivity index (χ0) is 24.3. The second-order valence-electron chi connectivity index (χ2n) is 7.02. The third kappa shape index (κ3) is 5.36. The van der Waals surface area contributed by atoms with Gasteiger partial charge in [-0.15, -0.1) is 10.2 Å². The van der Waals surface area contributed by atoms with Crippen LogP contribution < -0.4 is 14.8 Å². The van der Waals surface area contributed by atoms with Gasteiger partial charge in [-0.05, 0) is 54.6 Å². The van der Waals surface area contributed by atoms with Crippen molar-refractivity contribution in [3.63, 3.8) is 0 Å². The van der Waals surface area contributed by atoms with Crippen molar-refractivity contribution >= 4 is 28.9 Å². The number of aryl methyl sites for hydroxylation is 1. The molecule has 1 amide bonds. The molecule has 1 fully saturated rings. The molecule has 1 aromatic heterocycles. The van der Waals surface area contributed by atoms with Crippen molar-refractivity contribution in [2.75, 3.05) is 7.11 Å². The molecule has 4 rings (SSSR count). The maximum atomic E-state index is 13.4. The molecule has 0 atom stereocenters. The Morgan fingerprint density at radius 3 is 2.65 bits per heavy atom. The van der Waals surface area contributed by atoms with Gasteiger partial charge in [-0.3, -0.25) is 9.79 Å². The number of aromatic nitrogens is 4. The summed E-state index contributed by atoms with van der Waals surface area (Å²) >= 11 is 1.13. The standard InChI is InChI=1S/C21H17F3N6O3S/c1-11-3-5-14(13(7-11)21(22,23)24)33-15-6-4-12(8-16(15)32-2)9-17-19(31)26-20(34-17)25-10-18-27-29-30-28-18/h3-9H,10H2,1-2H3,(H,25,26,31)(H,27,28,29,30)/b17-9-. The molecule has 0 unspecified atom stereocenters. The van der Waals surface area contributed by atoms with Gasteiger partial charge in [0.05, 0.1) is 17.6 Å². The number of alkyl halides is 3. The number of aliphatic imine (C=N–C) groups is 1. The lowest BCUT2D eigenvalue weighted by molar-refractivity contribution is -0.138. The number of carbonyl (C=O) groups is 1. The molecule has 0 bridgehead atoms. The number of methoxy groups -OCH3 is 1. The first-order valence-corrected chi connectivity index (χ1v) is 10.6. The van der Waals surface area contributed by atoms with Crippen molar-refractivity contribution in [2.24, 2.45) is 4.99 Å². The average molecular weight is 490 g/mol. The van der Waals surface area contributed by atoms with Gasteiger partial charge in [0.15, 0.2) is 22.5 Å². The molecule has 1 saturated heterocycles. The van der Waals surface area contributed by atoms with Crippen LogP contribution in [0.2, 0.25) is 0 Å². The molecule has 0 saturated carbocycles. The Labute approximate surface area is 195 Å². The van der Waals surface area contributed by atoms with Gasteiger partial charge in [0.25, 0.3) is 5.91 Å². The largest absolute Gasteiger partial charge is 0.493 e. The third-order valence-electron chi connectivity index (χ3n) is 4.55. The summed E-state index contributed by atoms with van der Waals surface area (Å²) in [5.74, 6) is 0.00558. The Morgan fingerprint density at radius 2 is 1.94 bits per heavy atom. The molecule has 34 heavy (non-hydrogen) atoms.